The number of nitrogens with zero attached hydrogens (tertiary/aromatic N) is 4. The van der Waals surface area contributed by atoms with E-state index >= 15 is 0 Å². The Labute approximate surface area is 148 Å². The molecule has 0 radical (unpaired) electrons. The van der Waals surface area contributed by atoms with Gasteiger partial charge in [-0.3, -0.25) is 19.3 Å². The van der Waals surface area contributed by atoms with Gasteiger partial charge in [-0.15, -0.1) is 0 Å². The third kappa shape index (κ3) is 3.12. The van der Waals surface area contributed by atoms with Crippen LogP contribution in [0.15, 0.2) is 55.2 Å². The molecule has 4 rings (SSSR count). The normalized spacial score (nSPS) is 10.8. The van der Waals surface area contributed by atoms with Crippen molar-refractivity contribution in [2.75, 3.05) is 12.4 Å². The lowest BCUT2D eigenvalue weighted by Gasteiger charge is -2.07. The molecule has 1 aromatic carbocycles. The standard InChI is InChI=1S/C18H16N6O2/c1-26-14-4-2-3-12(5-14)6-18(25)23-17-10-20-16-9-19-15(11-24(16)17)13-7-21-22-8-13/h2-5,7-11H,6H2,1H3,(H,21,22)(H,23,25). The Morgan fingerprint density at radius 3 is 3.00 bits per heavy atom. The lowest BCUT2D eigenvalue weighted by molar-refractivity contribution is -0.115. The molecular weight excluding hydrogens is 332 g/mol. The van der Waals surface area contributed by atoms with Crippen molar-refractivity contribution in [1.29, 1.82) is 0 Å². The Morgan fingerprint density at radius 2 is 2.19 bits per heavy atom. The average molecular weight is 348 g/mol. The van der Waals surface area contributed by atoms with Crippen molar-refractivity contribution in [3.05, 3.63) is 60.8 Å². The molecule has 8 nitrogen and oxygen atoms in total. The van der Waals surface area contributed by atoms with Crippen LogP contribution in [-0.4, -0.2) is 37.6 Å². The highest BCUT2D eigenvalue weighted by molar-refractivity contribution is 5.91. The summed E-state index contributed by atoms with van der Waals surface area (Å²) in [4.78, 5) is 21.0. The number of rotatable bonds is 5. The van der Waals surface area contributed by atoms with E-state index in [-0.39, 0.29) is 12.3 Å². The van der Waals surface area contributed by atoms with Crippen LogP contribution >= 0.6 is 0 Å². The summed E-state index contributed by atoms with van der Waals surface area (Å²) in [5.41, 5.74) is 3.10. The first-order valence-electron chi connectivity index (χ1n) is 7.98. The number of hydrogen-bond acceptors (Lipinski definition) is 5. The number of H-pyrrole nitrogens is 1. The van der Waals surface area contributed by atoms with Crippen LogP contribution < -0.4 is 10.1 Å². The summed E-state index contributed by atoms with van der Waals surface area (Å²) >= 11 is 0. The number of anilines is 1. The first kappa shape index (κ1) is 15.8. The van der Waals surface area contributed by atoms with Crippen LogP contribution in [0.4, 0.5) is 5.82 Å². The predicted molar refractivity (Wildman–Crippen MR) is 95.9 cm³/mol. The van der Waals surface area contributed by atoms with Crippen molar-refractivity contribution in [2.45, 2.75) is 6.42 Å². The molecular formula is C18H16N6O2. The van der Waals surface area contributed by atoms with Gasteiger partial charge in [0.05, 0.1) is 37.8 Å². The largest absolute Gasteiger partial charge is 0.497 e. The minimum absolute atomic E-state index is 0.137. The zero-order valence-electron chi connectivity index (χ0n) is 14.0. The Balaban J connectivity index is 1.56. The number of fused-ring (bicyclic) bond motifs is 1. The Morgan fingerprint density at radius 1 is 1.27 bits per heavy atom. The third-order valence-corrected chi connectivity index (χ3v) is 3.96. The van der Waals surface area contributed by atoms with Gasteiger partial charge in [0.15, 0.2) is 5.65 Å². The van der Waals surface area contributed by atoms with Gasteiger partial charge in [-0.2, -0.15) is 5.10 Å². The molecule has 3 heterocycles. The summed E-state index contributed by atoms with van der Waals surface area (Å²) in [5, 5.41) is 9.58. The molecule has 0 saturated heterocycles. The van der Waals surface area contributed by atoms with Gasteiger partial charge in [0.25, 0.3) is 0 Å². The molecule has 130 valence electrons. The fourth-order valence-corrected chi connectivity index (χ4v) is 2.68. The minimum Gasteiger partial charge on any atom is -0.497 e. The van der Waals surface area contributed by atoms with Gasteiger partial charge in [-0.25, -0.2) is 4.98 Å². The van der Waals surface area contributed by atoms with Crippen LogP contribution in [0, 0.1) is 0 Å². The summed E-state index contributed by atoms with van der Waals surface area (Å²) in [5.74, 6) is 1.17. The van der Waals surface area contributed by atoms with Gasteiger partial charge in [0, 0.05) is 18.0 Å². The van der Waals surface area contributed by atoms with Crippen LogP contribution in [0.25, 0.3) is 16.9 Å². The lowest BCUT2D eigenvalue weighted by atomic mass is 10.1. The molecule has 1 amide bonds. The number of ether oxygens (including phenoxy) is 1. The van der Waals surface area contributed by atoms with E-state index in [9.17, 15) is 4.79 Å². The average Bonchev–Trinajstić information content (AvgIpc) is 3.32. The molecule has 0 unspecified atom stereocenters. The number of amides is 1. The molecule has 8 heteroatoms. The molecule has 0 atom stereocenters. The molecule has 0 aliphatic rings. The van der Waals surface area contributed by atoms with Crippen molar-refractivity contribution in [2.24, 2.45) is 0 Å². The second-order valence-corrected chi connectivity index (χ2v) is 5.71. The predicted octanol–water partition coefficient (Wildman–Crippen LogP) is 2.31. The topological polar surface area (TPSA) is 97.2 Å². The van der Waals surface area contributed by atoms with E-state index in [1.54, 1.807) is 36.3 Å². The van der Waals surface area contributed by atoms with Crippen LogP contribution in [0.3, 0.4) is 0 Å². The summed E-state index contributed by atoms with van der Waals surface area (Å²) in [7, 11) is 1.60. The highest BCUT2D eigenvalue weighted by Gasteiger charge is 2.11. The SMILES string of the molecule is COc1cccc(CC(=O)Nc2cnc3cnc(-c4cn[nH]c4)cn23)c1. The van der Waals surface area contributed by atoms with E-state index in [2.05, 4.69) is 25.5 Å². The first-order chi connectivity index (χ1) is 12.7. The number of carbonyl (C=O) groups excluding carboxylic acids is 1. The number of carbonyl (C=O) groups is 1. The van der Waals surface area contributed by atoms with Crippen molar-refractivity contribution >= 4 is 17.4 Å². The molecule has 4 aromatic rings. The summed E-state index contributed by atoms with van der Waals surface area (Å²) in [6.45, 7) is 0. The molecule has 0 aliphatic heterocycles. The van der Waals surface area contributed by atoms with Crippen LogP contribution in [0.2, 0.25) is 0 Å². The molecule has 0 aliphatic carbocycles. The second kappa shape index (κ2) is 6.67. The molecule has 2 N–H and O–H groups in total. The van der Waals surface area contributed by atoms with Gasteiger partial charge >= 0.3 is 0 Å². The van der Waals surface area contributed by atoms with Gasteiger partial charge < -0.3 is 10.1 Å². The molecule has 0 spiro atoms. The summed E-state index contributed by atoms with van der Waals surface area (Å²) < 4.78 is 6.98. The highest BCUT2D eigenvalue weighted by Crippen LogP contribution is 2.19. The zero-order chi connectivity index (χ0) is 17.9. The lowest BCUT2D eigenvalue weighted by Crippen LogP contribution is -2.15. The zero-order valence-corrected chi connectivity index (χ0v) is 14.0. The van der Waals surface area contributed by atoms with E-state index in [1.807, 2.05) is 30.5 Å². The molecule has 0 fully saturated rings. The van der Waals surface area contributed by atoms with Crippen LogP contribution in [0.5, 0.6) is 5.75 Å². The van der Waals surface area contributed by atoms with Gasteiger partial charge in [0.1, 0.15) is 11.6 Å². The number of hydrogen-bond donors (Lipinski definition) is 2. The number of methoxy groups -OCH3 is 1. The van der Waals surface area contributed by atoms with Gasteiger partial charge in [0.2, 0.25) is 5.91 Å². The smallest absolute Gasteiger partial charge is 0.229 e. The fraction of sp³-hybridized carbons (Fsp3) is 0.111. The Hall–Kier alpha value is -3.68. The van der Waals surface area contributed by atoms with Crippen LogP contribution in [-0.2, 0) is 11.2 Å². The number of nitrogens with one attached hydrogen (secondary N) is 2. The summed E-state index contributed by atoms with van der Waals surface area (Å²) in [6.07, 6.45) is 8.76. The molecule has 3 aromatic heterocycles. The van der Waals surface area contributed by atoms with E-state index in [0.717, 1.165) is 22.6 Å². The fourth-order valence-electron chi connectivity index (χ4n) is 2.68. The minimum atomic E-state index is -0.137. The Bertz CT molecular complexity index is 1050. The van der Waals surface area contributed by atoms with E-state index in [1.165, 1.54) is 0 Å². The number of aromatic nitrogens is 5. The quantitative estimate of drug-likeness (QED) is 0.577. The maximum absolute atomic E-state index is 12.4. The number of aromatic amines is 1. The first-order valence-corrected chi connectivity index (χ1v) is 7.98. The summed E-state index contributed by atoms with van der Waals surface area (Å²) in [6, 6.07) is 7.43. The Kier molecular flexibility index (Phi) is 4.06. The molecule has 26 heavy (non-hydrogen) atoms. The second-order valence-electron chi connectivity index (χ2n) is 5.71. The van der Waals surface area contributed by atoms with Gasteiger partial charge in [-0.05, 0) is 17.7 Å². The van der Waals surface area contributed by atoms with Crippen molar-refractivity contribution in [3.8, 4) is 17.0 Å². The van der Waals surface area contributed by atoms with E-state index < -0.39 is 0 Å². The van der Waals surface area contributed by atoms with Gasteiger partial charge in [-0.1, -0.05) is 12.1 Å². The van der Waals surface area contributed by atoms with Crippen molar-refractivity contribution < 1.29 is 9.53 Å². The number of benzene rings is 1. The van der Waals surface area contributed by atoms with E-state index in [4.69, 9.17) is 4.74 Å². The van der Waals surface area contributed by atoms with Crippen molar-refractivity contribution in [3.63, 3.8) is 0 Å². The number of imidazole rings is 1. The monoisotopic (exact) mass is 348 g/mol. The highest BCUT2D eigenvalue weighted by atomic mass is 16.5. The molecule has 0 saturated carbocycles. The van der Waals surface area contributed by atoms with Crippen molar-refractivity contribution in [1.82, 2.24) is 24.6 Å². The maximum Gasteiger partial charge on any atom is 0.229 e. The molecule has 0 bridgehead atoms. The third-order valence-electron chi connectivity index (χ3n) is 3.96. The van der Waals surface area contributed by atoms with E-state index in [0.29, 0.717) is 11.5 Å². The maximum atomic E-state index is 12.4. The van der Waals surface area contributed by atoms with Crippen LogP contribution in [0.1, 0.15) is 5.56 Å².